The van der Waals surface area contributed by atoms with Gasteiger partial charge in [-0.15, -0.1) is 0 Å². The van der Waals surface area contributed by atoms with E-state index in [9.17, 15) is 9.90 Å². The van der Waals surface area contributed by atoms with Crippen molar-refractivity contribution in [2.75, 3.05) is 0 Å². The van der Waals surface area contributed by atoms with Crippen LogP contribution in [0.25, 0.3) is 0 Å². The summed E-state index contributed by atoms with van der Waals surface area (Å²) in [6.07, 6.45) is 3.40. The van der Waals surface area contributed by atoms with E-state index in [-0.39, 0.29) is 57.3 Å². The fraction of sp³-hybridized carbons (Fsp3) is 0.636. The molecule has 1 aliphatic rings. The minimum atomic E-state index is 0. The van der Waals surface area contributed by atoms with E-state index >= 15 is 0 Å². The van der Waals surface area contributed by atoms with E-state index in [1.807, 2.05) is 13.8 Å². The van der Waals surface area contributed by atoms with Crippen LogP contribution in [0.15, 0.2) is 11.3 Å². The van der Waals surface area contributed by atoms with Gasteiger partial charge in [0.1, 0.15) is 5.76 Å². The third-order valence-corrected chi connectivity index (χ3v) is 2.27. The molecule has 0 aromatic heterocycles. The molecule has 2 nitrogen and oxygen atoms in total. The Morgan fingerprint density at radius 2 is 1.73 bits per heavy atom. The van der Waals surface area contributed by atoms with Crippen molar-refractivity contribution in [3.05, 3.63) is 18.8 Å². The Hall–Kier alpha value is 0.418. The molecule has 92 valence electrons. The number of Topliss-reactive ketones (excluding diaryl/α,β-unsaturated/α-hetero) is 1. The number of aliphatic hydroxyl groups excluding tert-OH is 1. The zero-order chi connectivity index (χ0) is 9.14. The van der Waals surface area contributed by atoms with Gasteiger partial charge in [-0.3, -0.25) is 4.79 Å². The van der Waals surface area contributed by atoms with Gasteiger partial charge in [-0.25, -0.2) is 0 Å². The number of hydrogen-bond donors (Lipinski definition) is 1. The fourth-order valence-electron chi connectivity index (χ4n) is 1.50. The summed E-state index contributed by atoms with van der Waals surface area (Å²) in [5, 5.41) is 9.58. The second kappa shape index (κ2) is 9.63. The SMILES string of the molecule is CC(C)/C(O)=C1\CCCCC1=O.[CH3-].[Cu+].[W]. The van der Waals surface area contributed by atoms with E-state index in [1.165, 1.54) is 0 Å². The van der Waals surface area contributed by atoms with Crippen molar-refractivity contribution in [1.82, 2.24) is 0 Å². The molecule has 0 aliphatic heterocycles. The van der Waals surface area contributed by atoms with Gasteiger partial charge in [-0.05, 0) is 19.3 Å². The molecule has 1 rings (SSSR count). The summed E-state index contributed by atoms with van der Waals surface area (Å²) in [5.74, 6) is 0.536. The average Bonchev–Trinajstić information content (AvgIpc) is 2.04. The second-order valence-corrected chi connectivity index (χ2v) is 3.65. The normalized spacial score (nSPS) is 18.5. The van der Waals surface area contributed by atoms with Crippen molar-refractivity contribution in [2.45, 2.75) is 39.5 Å². The van der Waals surface area contributed by atoms with Gasteiger partial charge >= 0.3 is 17.1 Å². The molecular weight excluding hydrogens is 412 g/mol. The summed E-state index contributed by atoms with van der Waals surface area (Å²) in [6, 6.07) is 0. The smallest absolute Gasteiger partial charge is 0.512 e. The van der Waals surface area contributed by atoms with Gasteiger partial charge in [0.25, 0.3) is 0 Å². The Morgan fingerprint density at radius 1 is 1.27 bits per heavy atom. The molecule has 0 aromatic carbocycles. The van der Waals surface area contributed by atoms with Crippen LogP contribution in [0.1, 0.15) is 39.5 Å². The third kappa shape index (κ3) is 5.90. The van der Waals surface area contributed by atoms with E-state index in [4.69, 9.17) is 0 Å². The van der Waals surface area contributed by atoms with Crippen LogP contribution in [0.3, 0.4) is 0 Å². The summed E-state index contributed by atoms with van der Waals surface area (Å²) in [7, 11) is 0. The molecule has 0 radical (unpaired) electrons. The van der Waals surface area contributed by atoms with E-state index in [0.29, 0.717) is 17.8 Å². The van der Waals surface area contributed by atoms with Crippen LogP contribution in [0, 0.1) is 13.3 Å². The average molecular weight is 431 g/mol. The largest absolute Gasteiger partial charge is 1.00 e. The Balaban J connectivity index is -0.000000480. The van der Waals surface area contributed by atoms with Crippen LogP contribution in [0.4, 0.5) is 0 Å². The molecule has 1 saturated carbocycles. The molecule has 1 aliphatic carbocycles. The van der Waals surface area contributed by atoms with E-state index in [2.05, 4.69) is 0 Å². The molecule has 4 heteroatoms. The van der Waals surface area contributed by atoms with Crippen LogP contribution in [-0.4, -0.2) is 10.9 Å². The Morgan fingerprint density at radius 3 is 2.13 bits per heavy atom. The van der Waals surface area contributed by atoms with Gasteiger partial charge in [0.15, 0.2) is 5.78 Å². The van der Waals surface area contributed by atoms with Crippen molar-refractivity contribution in [3.63, 3.8) is 0 Å². The quantitative estimate of drug-likeness (QED) is 0.300. The van der Waals surface area contributed by atoms with Gasteiger partial charge in [0, 0.05) is 39.0 Å². The molecule has 1 N–H and O–H groups in total. The van der Waals surface area contributed by atoms with Crippen molar-refractivity contribution in [1.29, 1.82) is 0 Å². The summed E-state index contributed by atoms with van der Waals surface area (Å²) in [5.41, 5.74) is 0.677. The van der Waals surface area contributed by atoms with E-state index < -0.39 is 0 Å². The maximum atomic E-state index is 11.3. The first-order valence-electron chi connectivity index (χ1n) is 4.58. The molecule has 0 unspecified atom stereocenters. The second-order valence-electron chi connectivity index (χ2n) is 3.65. The zero-order valence-corrected chi connectivity index (χ0v) is 13.3. The maximum Gasteiger partial charge on any atom is 1.00 e. The van der Waals surface area contributed by atoms with Crippen LogP contribution < -0.4 is 0 Å². The predicted molar refractivity (Wildman–Crippen MR) is 54.4 cm³/mol. The topological polar surface area (TPSA) is 37.3 Å². The molecule has 0 bridgehead atoms. The Bertz CT molecular complexity index is 225. The number of carbonyl (C=O) groups is 1. The van der Waals surface area contributed by atoms with Gasteiger partial charge in [-0.1, -0.05) is 13.8 Å². The monoisotopic (exact) mass is 430 g/mol. The summed E-state index contributed by atoms with van der Waals surface area (Å²) in [6.45, 7) is 3.81. The molecule has 0 spiro atoms. The van der Waals surface area contributed by atoms with Crippen LogP contribution in [0.5, 0.6) is 0 Å². The summed E-state index contributed by atoms with van der Waals surface area (Å²) < 4.78 is 0. The standard InChI is InChI=1S/C10H16O2.CH3.Cu.W/c1-7(2)10(12)8-5-3-4-6-9(8)11;;;/h7,12H,3-6H2,1-2H3;1H3;;/q;-1;+1;/b10-8-;;;. The first-order chi connectivity index (χ1) is 5.63. The Kier molecular flexibility index (Phi) is 13.3. The number of allylic oxidation sites excluding steroid dienone is 2. The van der Waals surface area contributed by atoms with Gasteiger partial charge in [0.05, 0.1) is 0 Å². The number of hydrogen-bond acceptors (Lipinski definition) is 2. The zero-order valence-electron chi connectivity index (χ0n) is 9.47. The molecule has 0 atom stereocenters. The van der Waals surface area contributed by atoms with E-state index in [0.717, 1.165) is 19.3 Å². The van der Waals surface area contributed by atoms with Crippen molar-refractivity contribution in [3.8, 4) is 0 Å². The predicted octanol–water partition coefficient (Wildman–Crippen LogP) is 3.04. The number of aliphatic hydroxyl groups is 1. The van der Waals surface area contributed by atoms with Gasteiger partial charge in [0.2, 0.25) is 0 Å². The summed E-state index contributed by atoms with van der Waals surface area (Å²) in [4.78, 5) is 11.3. The van der Waals surface area contributed by atoms with Gasteiger partial charge in [-0.2, -0.15) is 0 Å². The van der Waals surface area contributed by atoms with Crippen molar-refractivity contribution in [2.24, 2.45) is 5.92 Å². The molecule has 15 heavy (non-hydrogen) atoms. The van der Waals surface area contributed by atoms with E-state index in [1.54, 1.807) is 0 Å². The maximum absolute atomic E-state index is 11.3. The third-order valence-electron chi connectivity index (χ3n) is 2.27. The summed E-state index contributed by atoms with van der Waals surface area (Å²) >= 11 is 0. The fourth-order valence-corrected chi connectivity index (χ4v) is 1.50. The van der Waals surface area contributed by atoms with Crippen LogP contribution in [-0.2, 0) is 42.9 Å². The minimum absolute atomic E-state index is 0. The molecule has 0 aromatic rings. The first-order valence-corrected chi connectivity index (χ1v) is 4.58. The van der Waals surface area contributed by atoms with Crippen LogP contribution in [0.2, 0.25) is 0 Å². The molecule has 0 heterocycles. The molecule has 0 amide bonds. The number of carbonyl (C=O) groups excluding carboxylic acids is 1. The molecule has 0 saturated heterocycles. The number of rotatable bonds is 1. The van der Waals surface area contributed by atoms with Crippen molar-refractivity contribution >= 4 is 5.78 Å². The molecule has 1 fully saturated rings. The number of ketones is 1. The minimum Gasteiger partial charge on any atom is -0.512 e. The Labute approximate surface area is 118 Å². The first kappa shape index (κ1) is 20.8. The molecular formula is C11H19CuO2W. The van der Waals surface area contributed by atoms with Crippen LogP contribution >= 0.6 is 0 Å². The van der Waals surface area contributed by atoms with Gasteiger partial charge < -0.3 is 12.5 Å². The van der Waals surface area contributed by atoms with Crippen molar-refractivity contribution < 1.29 is 48.0 Å².